The molecule has 18 heavy (non-hydrogen) atoms. The highest BCUT2D eigenvalue weighted by atomic mass is 32.1. The third-order valence-electron chi connectivity index (χ3n) is 3.90. The fraction of sp³-hybridized carbons (Fsp3) is 0.500. The summed E-state index contributed by atoms with van der Waals surface area (Å²) < 4.78 is 14.2. The Morgan fingerprint density at radius 1 is 1.28 bits per heavy atom. The summed E-state index contributed by atoms with van der Waals surface area (Å²) in [6, 6.07) is 4.87. The molecule has 0 aliphatic heterocycles. The van der Waals surface area contributed by atoms with Gasteiger partial charge in [-0.05, 0) is 50.3 Å². The summed E-state index contributed by atoms with van der Waals surface area (Å²) in [5.74, 6) is 1.03. The molecule has 96 valence electrons. The first-order valence-electron chi connectivity index (χ1n) is 6.52. The molecule has 1 heterocycles. The zero-order valence-corrected chi connectivity index (χ0v) is 11.0. The molecule has 2 N–H and O–H groups in total. The van der Waals surface area contributed by atoms with Crippen molar-refractivity contribution in [2.24, 2.45) is 11.7 Å². The van der Waals surface area contributed by atoms with Gasteiger partial charge in [0.2, 0.25) is 0 Å². The molecule has 3 rings (SSSR count). The first-order valence-corrected chi connectivity index (χ1v) is 7.34. The van der Waals surface area contributed by atoms with Gasteiger partial charge in [-0.3, -0.25) is 0 Å². The number of aromatic nitrogens is 1. The van der Waals surface area contributed by atoms with Crippen molar-refractivity contribution in [2.75, 3.05) is 6.54 Å². The van der Waals surface area contributed by atoms with Crippen LogP contribution in [0.4, 0.5) is 4.39 Å². The third kappa shape index (κ3) is 2.27. The molecule has 0 unspecified atom stereocenters. The fourth-order valence-electron chi connectivity index (χ4n) is 2.74. The SMILES string of the molecule is NCC1CCC(c2nc3cc(F)ccc3s2)CC1. The minimum atomic E-state index is -0.203. The van der Waals surface area contributed by atoms with E-state index in [0.717, 1.165) is 16.8 Å². The molecule has 2 aromatic rings. The highest BCUT2D eigenvalue weighted by molar-refractivity contribution is 7.18. The van der Waals surface area contributed by atoms with Gasteiger partial charge in [-0.1, -0.05) is 0 Å². The molecule has 0 spiro atoms. The standard InChI is InChI=1S/C14H17FN2S/c15-11-5-6-13-12(7-11)17-14(18-13)10-3-1-9(8-16)2-4-10/h5-7,9-10H,1-4,8,16H2. The van der Waals surface area contributed by atoms with Crippen LogP contribution in [0.5, 0.6) is 0 Å². The van der Waals surface area contributed by atoms with Gasteiger partial charge in [0.15, 0.2) is 0 Å². The smallest absolute Gasteiger partial charge is 0.125 e. The molecule has 0 bridgehead atoms. The lowest BCUT2D eigenvalue weighted by atomic mass is 9.82. The van der Waals surface area contributed by atoms with E-state index >= 15 is 0 Å². The highest BCUT2D eigenvalue weighted by Crippen LogP contribution is 2.38. The molecular weight excluding hydrogens is 247 g/mol. The topological polar surface area (TPSA) is 38.9 Å². The number of nitrogens with two attached hydrogens (primary N) is 1. The van der Waals surface area contributed by atoms with Crippen molar-refractivity contribution in [3.05, 3.63) is 29.0 Å². The lowest BCUT2D eigenvalue weighted by molar-refractivity contribution is 0.332. The second-order valence-corrected chi connectivity index (χ2v) is 6.18. The first-order chi connectivity index (χ1) is 8.76. The average molecular weight is 264 g/mol. The van der Waals surface area contributed by atoms with Gasteiger partial charge < -0.3 is 5.73 Å². The zero-order chi connectivity index (χ0) is 12.5. The Morgan fingerprint density at radius 3 is 2.78 bits per heavy atom. The minimum absolute atomic E-state index is 0.203. The lowest BCUT2D eigenvalue weighted by Gasteiger charge is -2.26. The van der Waals surface area contributed by atoms with Crippen LogP contribution >= 0.6 is 11.3 Å². The molecule has 0 atom stereocenters. The van der Waals surface area contributed by atoms with Crippen LogP contribution in [0.25, 0.3) is 10.2 Å². The molecular formula is C14H17FN2S. The van der Waals surface area contributed by atoms with Gasteiger partial charge in [0, 0.05) is 12.0 Å². The number of hydrogen-bond donors (Lipinski definition) is 1. The summed E-state index contributed by atoms with van der Waals surface area (Å²) in [6.07, 6.45) is 4.74. The largest absolute Gasteiger partial charge is 0.330 e. The minimum Gasteiger partial charge on any atom is -0.330 e. The van der Waals surface area contributed by atoms with Crippen molar-refractivity contribution in [2.45, 2.75) is 31.6 Å². The number of fused-ring (bicyclic) bond motifs is 1. The van der Waals surface area contributed by atoms with Gasteiger partial charge in [0.1, 0.15) is 5.82 Å². The zero-order valence-electron chi connectivity index (χ0n) is 10.2. The van der Waals surface area contributed by atoms with E-state index in [2.05, 4.69) is 4.98 Å². The molecule has 1 aromatic carbocycles. The number of nitrogens with zero attached hydrogens (tertiary/aromatic N) is 1. The second kappa shape index (κ2) is 4.94. The Morgan fingerprint density at radius 2 is 2.06 bits per heavy atom. The number of benzene rings is 1. The molecule has 1 aliphatic carbocycles. The molecule has 1 fully saturated rings. The second-order valence-electron chi connectivity index (χ2n) is 5.12. The summed E-state index contributed by atoms with van der Waals surface area (Å²) in [5, 5.41) is 1.17. The van der Waals surface area contributed by atoms with E-state index in [0.29, 0.717) is 11.8 Å². The summed E-state index contributed by atoms with van der Waals surface area (Å²) >= 11 is 1.71. The highest BCUT2D eigenvalue weighted by Gasteiger charge is 2.23. The van der Waals surface area contributed by atoms with E-state index in [1.807, 2.05) is 6.07 Å². The molecule has 1 aromatic heterocycles. The molecule has 1 aliphatic rings. The molecule has 4 heteroatoms. The van der Waals surface area contributed by atoms with Crippen LogP contribution < -0.4 is 5.73 Å². The molecule has 0 saturated heterocycles. The number of rotatable bonds is 2. The van der Waals surface area contributed by atoms with Crippen molar-refractivity contribution >= 4 is 21.6 Å². The average Bonchev–Trinajstić information content (AvgIpc) is 2.81. The number of halogens is 1. The van der Waals surface area contributed by atoms with Crippen molar-refractivity contribution < 1.29 is 4.39 Å². The molecule has 0 radical (unpaired) electrons. The van der Waals surface area contributed by atoms with E-state index in [1.165, 1.54) is 42.8 Å². The van der Waals surface area contributed by atoms with E-state index < -0.39 is 0 Å². The summed E-state index contributed by atoms with van der Waals surface area (Å²) in [7, 11) is 0. The Bertz CT molecular complexity index is 544. The van der Waals surface area contributed by atoms with Crippen molar-refractivity contribution in [3.63, 3.8) is 0 Å². The van der Waals surface area contributed by atoms with Gasteiger partial charge >= 0.3 is 0 Å². The number of thiazole rings is 1. The van der Waals surface area contributed by atoms with Crippen LogP contribution in [0, 0.1) is 11.7 Å². The summed E-state index contributed by atoms with van der Waals surface area (Å²) in [5.41, 5.74) is 6.51. The first kappa shape index (κ1) is 12.1. The maximum atomic E-state index is 13.1. The maximum Gasteiger partial charge on any atom is 0.125 e. The van der Waals surface area contributed by atoms with Gasteiger partial charge in [0.25, 0.3) is 0 Å². The quantitative estimate of drug-likeness (QED) is 0.899. The van der Waals surface area contributed by atoms with Gasteiger partial charge in [0.05, 0.1) is 15.2 Å². The van der Waals surface area contributed by atoms with Crippen LogP contribution in [-0.4, -0.2) is 11.5 Å². The van der Waals surface area contributed by atoms with E-state index in [9.17, 15) is 4.39 Å². The Hall–Kier alpha value is -1.00. The van der Waals surface area contributed by atoms with Gasteiger partial charge in [-0.2, -0.15) is 0 Å². The van der Waals surface area contributed by atoms with Crippen LogP contribution in [0.3, 0.4) is 0 Å². The predicted octanol–water partition coefficient (Wildman–Crippen LogP) is 3.67. The van der Waals surface area contributed by atoms with Crippen LogP contribution in [-0.2, 0) is 0 Å². The predicted molar refractivity (Wildman–Crippen MR) is 73.3 cm³/mol. The van der Waals surface area contributed by atoms with Gasteiger partial charge in [-0.15, -0.1) is 11.3 Å². The third-order valence-corrected chi connectivity index (χ3v) is 5.09. The van der Waals surface area contributed by atoms with Crippen LogP contribution in [0.15, 0.2) is 18.2 Å². The van der Waals surface area contributed by atoms with Gasteiger partial charge in [-0.25, -0.2) is 9.37 Å². The summed E-state index contributed by atoms with van der Waals surface area (Å²) in [6.45, 7) is 0.803. The van der Waals surface area contributed by atoms with Crippen molar-refractivity contribution in [1.29, 1.82) is 0 Å². The summed E-state index contributed by atoms with van der Waals surface area (Å²) in [4.78, 5) is 4.60. The molecule has 2 nitrogen and oxygen atoms in total. The van der Waals surface area contributed by atoms with Crippen LogP contribution in [0.2, 0.25) is 0 Å². The maximum absolute atomic E-state index is 13.1. The lowest BCUT2D eigenvalue weighted by Crippen LogP contribution is -2.20. The van der Waals surface area contributed by atoms with Crippen molar-refractivity contribution in [3.8, 4) is 0 Å². The Balaban J connectivity index is 1.82. The monoisotopic (exact) mass is 264 g/mol. The Kier molecular flexibility index (Phi) is 3.31. The van der Waals surface area contributed by atoms with E-state index in [-0.39, 0.29) is 5.82 Å². The van der Waals surface area contributed by atoms with E-state index in [1.54, 1.807) is 11.3 Å². The molecule has 1 saturated carbocycles. The fourth-order valence-corrected chi connectivity index (χ4v) is 3.86. The van der Waals surface area contributed by atoms with E-state index in [4.69, 9.17) is 5.73 Å². The van der Waals surface area contributed by atoms with Crippen molar-refractivity contribution in [1.82, 2.24) is 4.98 Å². The number of hydrogen-bond acceptors (Lipinski definition) is 3. The molecule has 0 amide bonds. The Labute approximate surface area is 110 Å². The normalized spacial score (nSPS) is 24.6. The van der Waals surface area contributed by atoms with Crippen LogP contribution in [0.1, 0.15) is 36.6 Å².